The van der Waals surface area contributed by atoms with Gasteiger partial charge in [0.05, 0.1) is 11.3 Å². The molecule has 20 heavy (non-hydrogen) atoms. The summed E-state index contributed by atoms with van der Waals surface area (Å²) in [5.74, 6) is 0.0296. The van der Waals surface area contributed by atoms with E-state index in [0.717, 1.165) is 12.6 Å². The lowest BCUT2D eigenvalue weighted by Crippen LogP contribution is -2.25. The van der Waals surface area contributed by atoms with Crippen molar-refractivity contribution < 1.29 is 18.0 Å². The Balaban J connectivity index is 2.54. The van der Waals surface area contributed by atoms with Crippen LogP contribution in [0.3, 0.4) is 0 Å². The fraction of sp³-hybridized carbons (Fsp3) is 0.500. The van der Waals surface area contributed by atoms with Gasteiger partial charge in [-0.1, -0.05) is 26.0 Å². The van der Waals surface area contributed by atoms with E-state index < -0.39 is 17.6 Å². The summed E-state index contributed by atoms with van der Waals surface area (Å²) >= 11 is 0. The molecule has 6 heteroatoms. The number of anilines is 1. The van der Waals surface area contributed by atoms with Crippen molar-refractivity contribution in [3.63, 3.8) is 0 Å². The van der Waals surface area contributed by atoms with Crippen molar-refractivity contribution in [3.8, 4) is 0 Å². The summed E-state index contributed by atoms with van der Waals surface area (Å²) in [6.45, 7) is 5.28. The number of rotatable bonds is 6. The van der Waals surface area contributed by atoms with E-state index in [1.807, 2.05) is 13.8 Å². The highest BCUT2D eigenvalue weighted by molar-refractivity contribution is 5.91. The van der Waals surface area contributed by atoms with Crippen LogP contribution in [-0.2, 0) is 11.0 Å². The largest absolute Gasteiger partial charge is 0.418 e. The van der Waals surface area contributed by atoms with Crippen molar-refractivity contribution in [1.29, 1.82) is 0 Å². The molecule has 0 saturated heterocycles. The van der Waals surface area contributed by atoms with Crippen LogP contribution in [0.15, 0.2) is 24.3 Å². The predicted molar refractivity (Wildman–Crippen MR) is 72.4 cm³/mol. The first-order valence-electron chi connectivity index (χ1n) is 6.47. The van der Waals surface area contributed by atoms with Gasteiger partial charge in [0.2, 0.25) is 5.91 Å². The van der Waals surface area contributed by atoms with Gasteiger partial charge in [-0.3, -0.25) is 4.79 Å². The SMILES string of the molecule is CC(C)CNCCC(=O)Nc1ccccc1C(F)(F)F. The summed E-state index contributed by atoms with van der Waals surface area (Å²) < 4.78 is 38.2. The van der Waals surface area contributed by atoms with Gasteiger partial charge in [0.1, 0.15) is 0 Å². The van der Waals surface area contributed by atoms with E-state index >= 15 is 0 Å². The molecule has 0 atom stereocenters. The van der Waals surface area contributed by atoms with Gasteiger partial charge in [0, 0.05) is 13.0 Å². The first-order valence-corrected chi connectivity index (χ1v) is 6.47. The van der Waals surface area contributed by atoms with Crippen molar-refractivity contribution in [2.45, 2.75) is 26.4 Å². The second-order valence-corrected chi connectivity index (χ2v) is 4.94. The Kier molecular flexibility index (Phi) is 6.01. The van der Waals surface area contributed by atoms with E-state index in [1.54, 1.807) is 0 Å². The Labute approximate surface area is 116 Å². The van der Waals surface area contributed by atoms with E-state index in [4.69, 9.17) is 0 Å². The molecule has 0 aliphatic heterocycles. The number of hydrogen-bond acceptors (Lipinski definition) is 2. The van der Waals surface area contributed by atoms with Crippen LogP contribution in [0.2, 0.25) is 0 Å². The van der Waals surface area contributed by atoms with Crippen LogP contribution < -0.4 is 10.6 Å². The molecular formula is C14H19F3N2O. The molecule has 3 nitrogen and oxygen atoms in total. The van der Waals surface area contributed by atoms with Gasteiger partial charge in [-0.15, -0.1) is 0 Å². The number of hydrogen-bond donors (Lipinski definition) is 2. The van der Waals surface area contributed by atoms with Gasteiger partial charge < -0.3 is 10.6 Å². The average Bonchev–Trinajstić information content (AvgIpc) is 2.34. The van der Waals surface area contributed by atoms with Gasteiger partial charge in [0.15, 0.2) is 0 Å². The van der Waals surface area contributed by atoms with Crippen LogP contribution in [0.25, 0.3) is 0 Å². The Morgan fingerprint density at radius 1 is 1.25 bits per heavy atom. The predicted octanol–water partition coefficient (Wildman–Crippen LogP) is 3.28. The minimum atomic E-state index is -4.47. The van der Waals surface area contributed by atoms with Crippen molar-refractivity contribution in [1.82, 2.24) is 5.32 Å². The molecule has 0 saturated carbocycles. The molecule has 1 rings (SSSR count). The maximum Gasteiger partial charge on any atom is 0.418 e. The molecule has 0 aliphatic carbocycles. The summed E-state index contributed by atoms with van der Waals surface area (Å²) in [5.41, 5.74) is -1.03. The standard InChI is InChI=1S/C14H19F3N2O/c1-10(2)9-18-8-7-13(20)19-12-6-4-3-5-11(12)14(15,16)17/h3-6,10,18H,7-9H2,1-2H3,(H,19,20). The molecular weight excluding hydrogens is 269 g/mol. The van der Waals surface area contributed by atoms with Crippen LogP contribution in [0.5, 0.6) is 0 Å². The number of carbonyl (C=O) groups is 1. The average molecular weight is 288 g/mol. The minimum absolute atomic E-state index is 0.138. The van der Waals surface area contributed by atoms with Crippen LogP contribution in [0, 0.1) is 5.92 Å². The number of carbonyl (C=O) groups excluding carboxylic acids is 1. The van der Waals surface area contributed by atoms with Crippen molar-refractivity contribution >= 4 is 11.6 Å². The zero-order chi connectivity index (χ0) is 15.2. The van der Waals surface area contributed by atoms with Gasteiger partial charge in [0.25, 0.3) is 0 Å². The first kappa shape index (κ1) is 16.5. The summed E-state index contributed by atoms with van der Waals surface area (Å²) in [5, 5.41) is 5.37. The maximum atomic E-state index is 12.7. The monoisotopic (exact) mass is 288 g/mol. The summed E-state index contributed by atoms with van der Waals surface area (Å²) in [6, 6.07) is 4.96. The number of benzene rings is 1. The van der Waals surface area contributed by atoms with Crippen LogP contribution >= 0.6 is 0 Å². The smallest absolute Gasteiger partial charge is 0.325 e. The fourth-order valence-electron chi connectivity index (χ4n) is 1.64. The van der Waals surface area contributed by atoms with Gasteiger partial charge in [-0.2, -0.15) is 13.2 Å². The molecule has 0 spiro atoms. The molecule has 2 N–H and O–H groups in total. The zero-order valence-corrected chi connectivity index (χ0v) is 11.6. The van der Waals surface area contributed by atoms with Crippen LogP contribution in [0.1, 0.15) is 25.8 Å². The van der Waals surface area contributed by atoms with E-state index in [2.05, 4.69) is 10.6 Å². The second-order valence-electron chi connectivity index (χ2n) is 4.94. The number of halogens is 3. The molecule has 0 unspecified atom stereocenters. The third kappa shape index (κ3) is 5.61. The molecule has 112 valence electrons. The fourth-order valence-corrected chi connectivity index (χ4v) is 1.64. The van der Waals surface area contributed by atoms with Crippen molar-refractivity contribution in [2.75, 3.05) is 18.4 Å². The summed E-state index contributed by atoms with van der Waals surface area (Å²) in [4.78, 5) is 11.6. The van der Waals surface area contributed by atoms with E-state index in [0.29, 0.717) is 12.5 Å². The number of para-hydroxylation sites is 1. The quantitative estimate of drug-likeness (QED) is 0.789. The van der Waals surface area contributed by atoms with E-state index in [1.165, 1.54) is 18.2 Å². The summed E-state index contributed by atoms with van der Waals surface area (Å²) in [6.07, 6.45) is -4.33. The zero-order valence-electron chi connectivity index (χ0n) is 11.6. The third-order valence-electron chi connectivity index (χ3n) is 2.59. The second kappa shape index (κ2) is 7.28. The Morgan fingerprint density at radius 3 is 2.50 bits per heavy atom. The number of alkyl halides is 3. The highest BCUT2D eigenvalue weighted by atomic mass is 19.4. The molecule has 0 aliphatic rings. The lowest BCUT2D eigenvalue weighted by atomic mass is 10.1. The summed E-state index contributed by atoms with van der Waals surface area (Å²) in [7, 11) is 0. The van der Waals surface area contributed by atoms with Gasteiger partial charge in [-0.05, 0) is 24.6 Å². The van der Waals surface area contributed by atoms with Crippen molar-refractivity contribution in [2.24, 2.45) is 5.92 Å². The highest BCUT2D eigenvalue weighted by Gasteiger charge is 2.33. The van der Waals surface area contributed by atoms with E-state index in [-0.39, 0.29) is 12.1 Å². The molecule has 1 aromatic rings. The normalized spacial score (nSPS) is 11.7. The first-order chi connectivity index (χ1) is 9.30. The number of nitrogens with one attached hydrogen (secondary N) is 2. The lowest BCUT2D eigenvalue weighted by Gasteiger charge is -2.13. The molecule has 0 aromatic heterocycles. The molecule has 0 bridgehead atoms. The Morgan fingerprint density at radius 2 is 1.90 bits per heavy atom. The highest BCUT2D eigenvalue weighted by Crippen LogP contribution is 2.34. The van der Waals surface area contributed by atoms with Gasteiger partial charge in [-0.25, -0.2) is 0 Å². The number of amides is 1. The molecule has 1 amide bonds. The topological polar surface area (TPSA) is 41.1 Å². The Hall–Kier alpha value is -1.56. The molecule has 0 heterocycles. The lowest BCUT2D eigenvalue weighted by molar-refractivity contribution is -0.137. The Bertz CT molecular complexity index is 444. The molecule has 0 fully saturated rings. The molecule has 0 radical (unpaired) electrons. The third-order valence-corrected chi connectivity index (χ3v) is 2.59. The maximum absolute atomic E-state index is 12.7. The minimum Gasteiger partial charge on any atom is -0.325 e. The van der Waals surface area contributed by atoms with Crippen molar-refractivity contribution in [3.05, 3.63) is 29.8 Å². The van der Waals surface area contributed by atoms with Gasteiger partial charge >= 0.3 is 6.18 Å². The van der Waals surface area contributed by atoms with Crippen LogP contribution in [-0.4, -0.2) is 19.0 Å². The van der Waals surface area contributed by atoms with E-state index in [9.17, 15) is 18.0 Å². The van der Waals surface area contributed by atoms with Crippen LogP contribution in [0.4, 0.5) is 18.9 Å². The molecule has 1 aromatic carbocycles.